The maximum absolute atomic E-state index is 9.25. The second-order valence-corrected chi connectivity index (χ2v) is 5.47. The van der Waals surface area contributed by atoms with Gasteiger partial charge in [0, 0.05) is 16.4 Å². The summed E-state index contributed by atoms with van der Waals surface area (Å²) >= 11 is 11.9. The lowest BCUT2D eigenvalue weighted by Gasteiger charge is -2.15. The molecule has 0 bridgehead atoms. The van der Waals surface area contributed by atoms with E-state index in [9.17, 15) is 5.26 Å². The Bertz CT molecular complexity index is 695. The van der Waals surface area contributed by atoms with E-state index in [4.69, 9.17) is 27.9 Å². The van der Waals surface area contributed by atoms with E-state index >= 15 is 0 Å². The topological polar surface area (TPSA) is 62.0 Å². The number of aryl methyl sites for hydroxylation is 2. The minimum Gasteiger partial charge on any atom is -0.490 e. The number of ether oxygens (including phenoxy) is 1. The summed E-state index contributed by atoms with van der Waals surface area (Å²) in [5.41, 5.74) is 1.62. The molecule has 22 heavy (non-hydrogen) atoms. The molecule has 0 radical (unpaired) electrons. The summed E-state index contributed by atoms with van der Waals surface area (Å²) in [7, 11) is 0. The van der Waals surface area contributed by atoms with Crippen LogP contribution in [0.1, 0.15) is 11.4 Å². The van der Waals surface area contributed by atoms with Gasteiger partial charge in [0.25, 0.3) is 0 Å². The lowest BCUT2D eigenvalue weighted by molar-refractivity contribution is 0.327. The van der Waals surface area contributed by atoms with E-state index in [1.54, 1.807) is 18.2 Å². The van der Waals surface area contributed by atoms with E-state index in [0.29, 0.717) is 28.3 Å². The van der Waals surface area contributed by atoms with Crippen molar-refractivity contribution in [1.29, 1.82) is 5.26 Å². The zero-order chi connectivity index (χ0) is 16.1. The van der Waals surface area contributed by atoms with Gasteiger partial charge in [0.15, 0.2) is 6.19 Å². The highest BCUT2D eigenvalue weighted by Crippen LogP contribution is 2.27. The Morgan fingerprint density at radius 3 is 2.45 bits per heavy atom. The quantitative estimate of drug-likeness (QED) is 0.614. The fraction of sp³-hybridized carbons (Fsp3) is 0.267. The Balaban J connectivity index is 2.01. The van der Waals surface area contributed by atoms with Crippen LogP contribution in [0.25, 0.3) is 0 Å². The van der Waals surface area contributed by atoms with Crippen molar-refractivity contribution in [2.45, 2.75) is 13.8 Å². The molecule has 0 fully saturated rings. The highest BCUT2D eigenvalue weighted by molar-refractivity contribution is 6.35. The van der Waals surface area contributed by atoms with E-state index in [1.807, 2.05) is 19.9 Å². The van der Waals surface area contributed by atoms with E-state index < -0.39 is 0 Å². The first kappa shape index (κ1) is 16.3. The number of hydrogen-bond donors (Lipinski definition) is 0. The number of anilines is 1. The van der Waals surface area contributed by atoms with Crippen LogP contribution >= 0.6 is 23.2 Å². The van der Waals surface area contributed by atoms with Gasteiger partial charge in [-0.3, -0.25) is 0 Å². The molecule has 0 atom stereocenters. The summed E-state index contributed by atoms with van der Waals surface area (Å²) in [6.45, 7) is 4.30. The van der Waals surface area contributed by atoms with E-state index in [-0.39, 0.29) is 6.61 Å². The summed E-state index contributed by atoms with van der Waals surface area (Å²) in [6.07, 6.45) is 2.06. The molecule has 0 aliphatic heterocycles. The third-order valence-corrected chi connectivity index (χ3v) is 3.33. The van der Waals surface area contributed by atoms with Gasteiger partial charge in [-0.2, -0.15) is 5.26 Å². The highest BCUT2D eigenvalue weighted by atomic mass is 35.5. The molecule has 0 saturated heterocycles. The van der Waals surface area contributed by atoms with Gasteiger partial charge in [-0.1, -0.05) is 23.2 Å². The van der Waals surface area contributed by atoms with Crippen molar-refractivity contribution < 1.29 is 4.74 Å². The zero-order valence-electron chi connectivity index (χ0n) is 12.2. The summed E-state index contributed by atoms with van der Waals surface area (Å²) in [4.78, 5) is 9.89. The van der Waals surface area contributed by atoms with Crippen molar-refractivity contribution in [3.8, 4) is 11.9 Å². The first-order valence-corrected chi connectivity index (χ1v) is 7.32. The predicted octanol–water partition coefficient (Wildman–Crippen LogP) is 3.77. The average Bonchev–Trinajstić information content (AvgIpc) is 2.44. The first-order chi connectivity index (χ1) is 10.5. The monoisotopic (exact) mass is 336 g/mol. The van der Waals surface area contributed by atoms with Crippen LogP contribution in [0.2, 0.25) is 10.0 Å². The molecule has 7 heteroatoms. The third kappa shape index (κ3) is 4.23. The fourth-order valence-electron chi connectivity index (χ4n) is 1.86. The fourth-order valence-corrected chi connectivity index (χ4v) is 2.32. The van der Waals surface area contributed by atoms with Gasteiger partial charge in [0.05, 0.1) is 11.6 Å². The van der Waals surface area contributed by atoms with Crippen molar-refractivity contribution in [1.82, 2.24) is 9.97 Å². The van der Waals surface area contributed by atoms with Crippen molar-refractivity contribution in [3.05, 3.63) is 45.7 Å². The predicted molar refractivity (Wildman–Crippen MR) is 86.4 cm³/mol. The van der Waals surface area contributed by atoms with Crippen molar-refractivity contribution in [3.63, 3.8) is 0 Å². The van der Waals surface area contributed by atoms with Crippen LogP contribution in [-0.2, 0) is 0 Å². The van der Waals surface area contributed by atoms with Crippen molar-refractivity contribution in [2.24, 2.45) is 0 Å². The number of aromatic nitrogens is 2. The summed E-state index contributed by atoms with van der Waals surface area (Å²) in [5.74, 6) is 0.885. The Kier molecular flexibility index (Phi) is 5.42. The van der Waals surface area contributed by atoms with Crippen molar-refractivity contribution >= 4 is 29.2 Å². The summed E-state index contributed by atoms with van der Waals surface area (Å²) in [6, 6.07) is 6.84. The number of benzene rings is 1. The maximum Gasteiger partial charge on any atom is 0.239 e. The Hall–Kier alpha value is -2.03. The number of nitrogens with zero attached hydrogens (tertiary/aromatic N) is 4. The Morgan fingerprint density at radius 1 is 1.18 bits per heavy atom. The number of rotatable bonds is 5. The SMILES string of the molecule is Cc1cc(C)nc(N(C#N)CCOc2ccc(Cl)cc2Cl)n1. The normalized spacial score (nSPS) is 10.1. The van der Waals surface area contributed by atoms with Crippen molar-refractivity contribution in [2.75, 3.05) is 18.1 Å². The van der Waals surface area contributed by atoms with Crippen LogP contribution < -0.4 is 9.64 Å². The molecule has 0 unspecified atom stereocenters. The highest BCUT2D eigenvalue weighted by Gasteiger charge is 2.11. The van der Waals surface area contributed by atoms with Gasteiger partial charge >= 0.3 is 0 Å². The minimum absolute atomic E-state index is 0.269. The van der Waals surface area contributed by atoms with E-state index in [1.165, 1.54) is 4.90 Å². The number of nitriles is 1. The van der Waals surface area contributed by atoms with Gasteiger partial charge in [-0.25, -0.2) is 14.9 Å². The van der Waals surface area contributed by atoms with Gasteiger partial charge in [0.2, 0.25) is 5.95 Å². The Morgan fingerprint density at radius 2 is 1.86 bits per heavy atom. The molecular formula is C15H14Cl2N4O. The van der Waals surface area contributed by atoms with Gasteiger partial charge in [-0.15, -0.1) is 0 Å². The first-order valence-electron chi connectivity index (χ1n) is 6.57. The molecule has 0 amide bonds. The van der Waals surface area contributed by atoms with Gasteiger partial charge < -0.3 is 4.74 Å². The minimum atomic E-state index is 0.269. The molecule has 1 heterocycles. The molecule has 114 valence electrons. The average molecular weight is 337 g/mol. The molecule has 5 nitrogen and oxygen atoms in total. The molecule has 0 aliphatic rings. The van der Waals surface area contributed by atoms with E-state index in [0.717, 1.165) is 11.4 Å². The van der Waals surface area contributed by atoms with Crippen LogP contribution in [0.4, 0.5) is 5.95 Å². The van der Waals surface area contributed by atoms with Gasteiger partial charge in [0.1, 0.15) is 12.4 Å². The molecule has 1 aromatic carbocycles. The lowest BCUT2D eigenvalue weighted by atomic mass is 10.3. The molecule has 2 aromatic rings. The second kappa shape index (κ2) is 7.30. The Labute approximate surface area is 139 Å². The number of hydrogen-bond acceptors (Lipinski definition) is 5. The largest absolute Gasteiger partial charge is 0.490 e. The zero-order valence-corrected chi connectivity index (χ0v) is 13.7. The smallest absolute Gasteiger partial charge is 0.239 e. The molecule has 0 saturated carbocycles. The van der Waals surface area contributed by atoms with Crippen LogP contribution in [0.3, 0.4) is 0 Å². The van der Waals surface area contributed by atoms with Crippen LogP contribution in [0.15, 0.2) is 24.3 Å². The van der Waals surface area contributed by atoms with Crippen LogP contribution in [-0.4, -0.2) is 23.1 Å². The molecule has 1 aromatic heterocycles. The third-order valence-electron chi connectivity index (χ3n) is 2.80. The molecule has 0 N–H and O–H groups in total. The summed E-state index contributed by atoms with van der Waals surface area (Å²) in [5, 5.41) is 10.2. The standard InChI is InChI=1S/C15H14Cl2N4O/c1-10-7-11(2)20-15(19-10)21(9-18)5-6-22-14-4-3-12(16)8-13(14)17/h3-4,7-8H,5-6H2,1-2H3. The van der Waals surface area contributed by atoms with Gasteiger partial charge in [-0.05, 0) is 38.1 Å². The lowest BCUT2D eigenvalue weighted by Crippen LogP contribution is -2.25. The van der Waals surface area contributed by atoms with Crippen LogP contribution in [0, 0.1) is 25.3 Å². The molecule has 0 aliphatic carbocycles. The summed E-state index contributed by atoms with van der Waals surface area (Å²) < 4.78 is 5.57. The molecule has 0 spiro atoms. The second-order valence-electron chi connectivity index (χ2n) is 4.63. The molecule has 2 rings (SSSR count). The maximum atomic E-state index is 9.25. The van der Waals surface area contributed by atoms with Crippen LogP contribution in [0.5, 0.6) is 5.75 Å². The van der Waals surface area contributed by atoms with E-state index in [2.05, 4.69) is 16.2 Å². The molecular weight excluding hydrogens is 323 g/mol. The number of halogens is 2.